The molecule has 192 valence electrons. The van der Waals surface area contributed by atoms with E-state index in [0.717, 1.165) is 0 Å². The molecule has 0 saturated carbocycles. The first-order chi connectivity index (χ1) is 14.3. The summed E-state index contributed by atoms with van der Waals surface area (Å²) in [4.78, 5) is 0. The van der Waals surface area contributed by atoms with Gasteiger partial charge in [0, 0.05) is 0 Å². The van der Waals surface area contributed by atoms with Crippen LogP contribution in [0.25, 0.3) is 0 Å². The second kappa shape index (κ2) is 48.4. The molecule has 0 atom stereocenters. The Morgan fingerprint density at radius 2 is 0.394 bits per heavy atom. The summed E-state index contributed by atoms with van der Waals surface area (Å²) in [6.07, 6.45) is 1.25. The van der Waals surface area contributed by atoms with Crippen molar-refractivity contribution in [3.63, 3.8) is 0 Å². The SMILES string of the molecule is C.CCC.I.OB(O)O.OB(O)O.OB(O)O.OB(O)O.c1ccccc1.c1ccccc1. The van der Waals surface area contributed by atoms with Crippen molar-refractivity contribution < 1.29 is 60.3 Å². The zero-order chi connectivity index (χ0) is 25.5. The molecule has 33 heavy (non-hydrogen) atoms. The second-order valence-electron chi connectivity index (χ2n) is 4.40. The minimum Gasteiger partial charge on any atom is -0.402 e. The Labute approximate surface area is 213 Å². The standard InChI is InChI=1S/2C6H6.C3H8.CH4.4BH3O3.HI/c2*1-2-4-6-5-3-1;1-3-2;;4*2-1(3)4;/h2*1-6H;3H2,1-2H3;1H4;4*2-4H;1H. The van der Waals surface area contributed by atoms with E-state index in [1.807, 2.05) is 72.8 Å². The van der Waals surface area contributed by atoms with E-state index >= 15 is 0 Å². The molecule has 12 N–H and O–H groups in total. The van der Waals surface area contributed by atoms with Gasteiger partial charge in [-0.3, -0.25) is 0 Å². The number of hydrogen-bond donors (Lipinski definition) is 12. The van der Waals surface area contributed by atoms with E-state index in [1.54, 1.807) is 0 Å². The van der Waals surface area contributed by atoms with Gasteiger partial charge in [-0.25, -0.2) is 0 Å². The maximum Gasteiger partial charge on any atom is 0.631 e. The fourth-order valence-corrected chi connectivity index (χ4v) is 0.770. The van der Waals surface area contributed by atoms with Gasteiger partial charge in [-0.05, 0) is 0 Å². The van der Waals surface area contributed by atoms with Crippen LogP contribution in [0, 0.1) is 0 Å². The van der Waals surface area contributed by atoms with Crippen LogP contribution in [0.1, 0.15) is 27.7 Å². The number of hydrogen-bond acceptors (Lipinski definition) is 12. The first-order valence-corrected chi connectivity index (χ1v) is 8.51. The van der Waals surface area contributed by atoms with Gasteiger partial charge in [0.15, 0.2) is 0 Å². The molecule has 2 aromatic rings. The van der Waals surface area contributed by atoms with E-state index in [4.69, 9.17) is 60.3 Å². The van der Waals surface area contributed by atoms with E-state index in [-0.39, 0.29) is 31.4 Å². The fourth-order valence-electron chi connectivity index (χ4n) is 0.770. The molecule has 0 spiro atoms. The van der Waals surface area contributed by atoms with Gasteiger partial charge in [0.1, 0.15) is 0 Å². The van der Waals surface area contributed by atoms with Gasteiger partial charge in [-0.15, -0.1) is 24.0 Å². The quantitative estimate of drug-likeness (QED) is 0.116. The van der Waals surface area contributed by atoms with Gasteiger partial charge >= 0.3 is 29.3 Å². The summed E-state index contributed by atoms with van der Waals surface area (Å²) in [5.74, 6) is 0. The Bertz CT molecular complexity index is 358. The Kier molecular flexibility index (Phi) is 72.1. The van der Waals surface area contributed by atoms with Crippen molar-refractivity contribution >= 4 is 53.3 Å². The van der Waals surface area contributed by atoms with E-state index in [0.29, 0.717) is 0 Å². The van der Waals surface area contributed by atoms with Gasteiger partial charge in [0.2, 0.25) is 0 Å². The Morgan fingerprint density at radius 3 is 0.424 bits per heavy atom. The first-order valence-electron chi connectivity index (χ1n) is 8.51. The lowest BCUT2D eigenvalue weighted by Crippen LogP contribution is -2.07. The molecule has 0 heterocycles. The molecule has 0 aliphatic rings. The largest absolute Gasteiger partial charge is 0.631 e. The zero-order valence-electron chi connectivity index (χ0n) is 17.7. The van der Waals surface area contributed by atoms with Crippen LogP contribution in [0.3, 0.4) is 0 Å². The average Bonchev–Trinajstić information content (AvgIpc) is 2.64. The molecular weight excluding hydrogens is 554 g/mol. The normalized spacial score (nSPS) is 6.73. The highest BCUT2D eigenvalue weighted by Gasteiger charge is 1.93. The molecule has 12 nitrogen and oxygen atoms in total. The molecule has 0 fully saturated rings. The molecule has 17 heteroatoms. The van der Waals surface area contributed by atoms with Crippen LogP contribution in [-0.4, -0.2) is 89.6 Å². The van der Waals surface area contributed by atoms with E-state index in [9.17, 15) is 0 Å². The topological polar surface area (TPSA) is 243 Å². The van der Waals surface area contributed by atoms with E-state index < -0.39 is 29.3 Å². The van der Waals surface area contributed by atoms with Crippen LogP contribution in [0.4, 0.5) is 0 Å². The Morgan fingerprint density at radius 1 is 0.364 bits per heavy atom. The van der Waals surface area contributed by atoms with Crippen LogP contribution in [0.15, 0.2) is 72.8 Å². The van der Waals surface area contributed by atoms with Crippen LogP contribution in [-0.2, 0) is 0 Å². The predicted octanol–water partition coefficient (Wildman–Crippen LogP) is -2.16. The summed E-state index contributed by atoms with van der Waals surface area (Å²) in [6, 6.07) is 24.0. The maximum absolute atomic E-state index is 7.17. The predicted molar refractivity (Wildman–Crippen MR) is 141 cm³/mol. The molecular formula is C16H37B4IO12. The molecule has 0 saturated heterocycles. The van der Waals surface area contributed by atoms with Crippen molar-refractivity contribution in [2.75, 3.05) is 0 Å². The first kappa shape index (κ1) is 49.2. The highest BCUT2D eigenvalue weighted by molar-refractivity contribution is 14.0. The van der Waals surface area contributed by atoms with Crippen LogP contribution >= 0.6 is 24.0 Å². The molecule has 0 bridgehead atoms. The Balaban J connectivity index is -0.0000000481. The molecule has 0 aliphatic carbocycles. The lowest BCUT2D eigenvalue weighted by atomic mass is 10.3. The summed E-state index contributed by atoms with van der Waals surface area (Å²) in [5, 5.41) is 86.0. The average molecular weight is 592 g/mol. The molecule has 0 aromatic heterocycles. The number of halogens is 1. The maximum atomic E-state index is 7.17. The third-order valence-electron chi connectivity index (χ3n) is 1.33. The van der Waals surface area contributed by atoms with Gasteiger partial charge in [0.05, 0.1) is 0 Å². The molecule has 0 aliphatic heterocycles. The minimum absolute atomic E-state index is 0. The summed E-state index contributed by atoms with van der Waals surface area (Å²) in [6.45, 7) is 4.25. The van der Waals surface area contributed by atoms with Crippen LogP contribution < -0.4 is 0 Å². The summed E-state index contributed by atoms with van der Waals surface area (Å²) in [7, 11) is -8.67. The Hall–Kier alpha value is -1.05. The monoisotopic (exact) mass is 592 g/mol. The second-order valence-corrected chi connectivity index (χ2v) is 4.40. The van der Waals surface area contributed by atoms with Gasteiger partial charge < -0.3 is 60.3 Å². The van der Waals surface area contributed by atoms with Crippen molar-refractivity contribution in [2.24, 2.45) is 0 Å². The fraction of sp³-hybridized carbons (Fsp3) is 0.250. The molecule has 0 unspecified atom stereocenters. The minimum atomic E-state index is -2.17. The van der Waals surface area contributed by atoms with Crippen molar-refractivity contribution in [1.82, 2.24) is 0 Å². The molecule has 0 radical (unpaired) electrons. The van der Waals surface area contributed by atoms with Gasteiger partial charge in [0.25, 0.3) is 0 Å². The molecule has 0 amide bonds. The molecule has 2 rings (SSSR count). The van der Waals surface area contributed by atoms with Gasteiger partial charge in [-0.1, -0.05) is 100 Å². The number of rotatable bonds is 0. The van der Waals surface area contributed by atoms with Crippen molar-refractivity contribution in [1.29, 1.82) is 0 Å². The van der Waals surface area contributed by atoms with E-state index in [1.165, 1.54) is 6.42 Å². The number of benzene rings is 2. The van der Waals surface area contributed by atoms with Crippen molar-refractivity contribution in [3.05, 3.63) is 72.8 Å². The van der Waals surface area contributed by atoms with E-state index in [2.05, 4.69) is 13.8 Å². The highest BCUT2D eigenvalue weighted by atomic mass is 127. The smallest absolute Gasteiger partial charge is 0.402 e. The zero-order valence-corrected chi connectivity index (χ0v) is 20.0. The lowest BCUT2D eigenvalue weighted by molar-refractivity contribution is 0.276. The molecule has 2 aromatic carbocycles. The van der Waals surface area contributed by atoms with Crippen molar-refractivity contribution in [3.8, 4) is 0 Å². The third kappa shape index (κ3) is 216. The van der Waals surface area contributed by atoms with Crippen LogP contribution in [0.2, 0.25) is 0 Å². The van der Waals surface area contributed by atoms with Crippen LogP contribution in [0.5, 0.6) is 0 Å². The summed E-state index contributed by atoms with van der Waals surface area (Å²) in [5.41, 5.74) is 0. The summed E-state index contributed by atoms with van der Waals surface area (Å²) < 4.78 is 0. The highest BCUT2D eigenvalue weighted by Crippen LogP contribution is 1.80. The third-order valence-corrected chi connectivity index (χ3v) is 1.33. The summed E-state index contributed by atoms with van der Waals surface area (Å²) >= 11 is 0. The van der Waals surface area contributed by atoms with Gasteiger partial charge in [-0.2, -0.15) is 0 Å². The van der Waals surface area contributed by atoms with Crippen molar-refractivity contribution in [2.45, 2.75) is 27.7 Å². The lowest BCUT2D eigenvalue weighted by Gasteiger charge is -1.69.